The maximum absolute atomic E-state index is 11.9. The van der Waals surface area contributed by atoms with E-state index in [1.807, 2.05) is 55.5 Å². The Morgan fingerprint density at radius 1 is 1.21 bits per heavy atom. The number of amides is 1. The van der Waals surface area contributed by atoms with Crippen molar-refractivity contribution in [2.24, 2.45) is 0 Å². The maximum atomic E-state index is 11.9. The van der Waals surface area contributed by atoms with Gasteiger partial charge in [-0.25, -0.2) is 4.98 Å². The van der Waals surface area contributed by atoms with Crippen molar-refractivity contribution in [3.8, 4) is 11.5 Å². The molecular weight excluding hydrogens is 324 g/mol. The van der Waals surface area contributed by atoms with E-state index in [9.17, 15) is 4.79 Å². The molecule has 2 aromatic carbocycles. The number of aryl methyl sites for hydroxylation is 1. The molecule has 2 N–H and O–H groups in total. The monoisotopic (exact) mass is 340 g/mol. The van der Waals surface area contributed by atoms with Crippen LogP contribution >= 0.6 is 11.8 Å². The molecule has 0 aliphatic rings. The zero-order chi connectivity index (χ0) is 16.8. The highest BCUT2D eigenvalue weighted by Gasteiger charge is 2.06. The zero-order valence-corrected chi connectivity index (χ0v) is 13.8. The van der Waals surface area contributed by atoms with Crippen molar-refractivity contribution in [2.45, 2.75) is 12.1 Å². The molecule has 1 aromatic heterocycles. The molecule has 0 radical (unpaired) electrons. The maximum Gasteiger partial charge on any atom is 0.234 e. The minimum atomic E-state index is -0.108. The summed E-state index contributed by atoms with van der Waals surface area (Å²) in [5, 5.41) is 9.87. The van der Waals surface area contributed by atoms with E-state index in [-0.39, 0.29) is 11.7 Å². The summed E-state index contributed by atoms with van der Waals surface area (Å²) in [7, 11) is 0. The third-order valence-corrected chi connectivity index (χ3v) is 3.97. The summed E-state index contributed by atoms with van der Waals surface area (Å²) < 4.78 is 5.78. The lowest BCUT2D eigenvalue weighted by atomic mass is 10.2. The van der Waals surface area contributed by atoms with Crippen LogP contribution in [0.25, 0.3) is 0 Å². The second-order valence-electron chi connectivity index (χ2n) is 5.07. The number of ether oxygens (including phenoxy) is 1. The number of nitrogens with zero attached hydrogens (tertiary/aromatic N) is 2. The minimum Gasteiger partial charge on any atom is -0.457 e. The molecule has 0 atom stereocenters. The van der Waals surface area contributed by atoms with Crippen LogP contribution in [0.4, 0.5) is 5.69 Å². The van der Waals surface area contributed by atoms with Gasteiger partial charge in [-0.3, -0.25) is 9.89 Å². The summed E-state index contributed by atoms with van der Waals surface area (Å²) in [4.78, 5) is 15.8. The molecule has 24 heavy (non-hydrogen) atoms. The van der Waals surface area contributed by atoms with Gasteiger partial charge in [0.25, 0.3) is 0 Å². The quantitative estimate of drug-likeness (QED) is 0.670. The number of aromatic amines is 1. The summed E-state index contributed by atoms with van der Waals surface area (Å²) in [5.41, 5.74) is 1.86. The molecule has 1 heterocycles. The highest BCUT2D eigenvalue weighted by Crippen LogP contribution is 2.23. The summed E-state index contributed by atoms with van der Waals surface area (Å²) in [6.07, 6.45) is 1.41. The number of H-pyrrole nitrogens is 1. The molecule has 1 amide bonds. The number of carbonyl (C=O) groups excluding carboxylic acids is 1. The number of thioether (sulfide) groups is 1. The van der Waals surface area contributed by atoms with Crippen molar-refractivity contribution >= 4 is 23.4 Å². The van der Waals surface area contributed by atoms with E-state index >= 15 is 0 Å². The average Bonchev–Trinajstić information content (AvgIpc) is 3.08. The fraction of sp³-hybridized carbons (Fsp3) is 0.118. The Morgan fingerprint density at radius 2 is 2.04 bits per heavy atom. The fourth-order valence-corrected chi connectivity index (χ4v) is 2.59. The zero-order valence-electron chi connectivity index (χ0n) is 13.0. The fourth-order valence-electron chi connectivity index (χ4n) is 2.02. The van der Waals surface area contributed by atoms with Gasteiger partial charge in [-0.2, -0.15) is 5.10 Å². The van der Waals surface area contributed by atoms with Crippen LogP contribution in [-0.4, -0.2) is 26.8 Å². The third-order valence-electron chi connectivity index (χ3n) is 3.10. The molecule has 0 aliphatic carbocycles. The standard InChI is InChI=1S/C17H16N4O2S/c1-12-3-2-4-15(9-12)23-14-7-5-13(6-8-14)20-16(22)10-24-17-18-11-19-21-17/h2-9,11H,10H2,1H3,(H,20,22)(H,18,19,21). The summed E-state index contributed by atoms with van der Waals surface area (Å²) in [5.74, 6) is 1.66. The topological polar surface area (TPSA) is 79.9 Å². The van der Waals surface area contributed by atoms with Gasteiger partial charge in [-0.1, -0.05) is 23.9 Å². The van der Waals surface area contributed by atoms with Gasteiger partial charge in [0.2, 0.25) is 5.91 Å². The second kappa shape index (κ2) is 7.65. The number of rotatable bonds is 6. The van der Waals surface area contributed by atoms with Gasteiger partial charge in [-0.05, 0) is 48.9 Å². The molecular formula is C17H16N4O2S. The van der Waals surface area contributed by atoms with Gasteiger partial charge < -0.3 is 10.1 Å². The van der Waals surface area contributed by atoms with E-state index < -0.39 is 0 Å². The number of hydrogen-bond donors (Lipinski definition) is 2. The molecule has 0 saturated carbocycles. The lowest BCUT2D eigenvalue weighted by Gasteiger charge is -2.08. The second-order valence-corrected chi connectivity index (χ2v) is 6.03. The molecule has 0 bridgehead atoms. The van der Waals surface area contributed by atoms with Gasteiger partial charge in [-0.15, -0.1) is 0 Å². The number of nitrogens with one attached hydrogen (secondary N) is 2. The smallest absolute Gasteiger partial charge is 0.234 e. The molecule has 7 heteroatoms. The van der Waals surface area contributed by atoms with Crippen LogP contribution in [0.15, 0.2) is 60.0 Å². The first-order chi connectivity index (χ1) is 11.7. The van der Waals surface area contributed by atoms with E-state index in [2.05, 4.69) is 20.5 Å². The summed E-state index contributed by atoms with van der Waals surface area (Å²) in [6.45, 7) is 2.02. The first-order valence-electron chi connectivity index (χ1n) is 7.32. The molecule has 3 aromatic rings. The molecule has 0 saturated heterocycles. The molecule has 3 rings (SSSR count). The summed E-state index contributed by atoms with van der Waals surface area (Å²) in [6, 6.07) is 15.1. The number of hydrogen-bond acceptors (Lipinski definition) is 5. The van der Waals surface area contributed by atoms with E-state index in [0.29, 0.717) is 5.16 Å². The van der Waals surface area contributed by atoms with Crippen LogP contribution in [0.5, 0.6) is 11.5 Å². The molecule has 0 spiro atoms. The summed E-state index contributed by atoms with van der Waals surface area (Å²) >= 11 is 1.29. The average molecular weight is 340 g/mol. The predicted molar refractivity (Wildman–Crippen MR) is 93.4 cm³/mol. The first-order valence-corrected chi connectivity index (χ1v) is 8.30. The molecule has 0 fully saturated rings. The molecule has 122 valence electrons. The van der Waals surface area contributed by atoms with Gasteiger partial charge in [0, 0.05) is 5.69 Å². The largest absolute Gasteiger partial charge is 0.457 e. The predicted octanol–water partition coefficient (Wildman–Crippen LogP) is 3.64. The van der Waals surface area contributed by atoms with Crippen molar-refractivity contribution in [1.29, 1.82) is 0 Å². The van der Waals surface area contributed by atoms with E-state index in [4.69, 9.17) is 4.74 Å². The van der Waals surface area contributed by atoms with Gasteiger partial charge in [0.05, 0.1) is 5.75 Å². The van der Waals surface area contributed by atoms with Gasteiger partial charge >= 0.3 is 0 Å². The van der Waals surface area contributed by atoms with Crippen molar-refractivity contribution in [3.63, 3.8) is 0 Å². The number of carbonyl (C=O) groups is 1. The lowest BCUT2D eigenvalue weighted by Crippen LogP contribution is -2.14. The van der Waals surface area contributed by atoms with Crippen molar-refractivity contribution in [3.05, 3.63) is 60.4 Å². The SMILES string of the molecule is Cc1cccc(Oc2ccc(NC(=O)CSc3ncn[nH]3)cc2)c1. The molecule has 6 nitrogen and oxygen atoms in total. The van der Waals surface area contributed by atoms with Crippen LogP contribution in [0.2, 0.25) is 0 Å². The van der Waals surface area contributed by atoms with E-state index in [1.165, 1.54) is 18.1 Å². The highest BCUT2D eigenvalue weighted by atomic mass is 32.2. The van der Waals surface area contributed by atoms with Crippen LogP contribution in [-0.2, 0) is 4.79 Å². The Morgan fingerprint density at radius 3 is 2.75 bits per heavy atom. The number of benzene rings is 2. The van der Waals surface area contributed by atoms with Crippen LogP contribution < -0.4 is 10.1 Å². The van der Waals surface area contributed by atoms with Gasteiger partial charge in [0.15, 0.2) is 5.16 Å². The molecule has 0 unspecified atom stereocenters. The van der Waals surface area contributed by atoms with Crippen molar-refractivity contribution in [2.75, 3.05) is 11.1 Å². The first kappa shape index (κ1) is 16.1. The Labute approximate surface area is 143 Å². The van der Waals surface area contributed by atoms with E-state index in [1.54, 1.807) is 0 Å². The third kappa shape index (κ3) is 4.60. The number of aromatic nitrogens is 3. The minimum absolute atomic E-state index is 0.108. The lowest BCUT2D eigenvalue weighted by molar-refractivity contribution is -0.113. The normalized spacial score (nSPS) is 10.4. The van der Waals surface area contributed by atoms with E-state index in [0.717, 1.165) is 22.7 Å². The Hall–Kier alpha value is -2.80. The number of anilines is 1. The highest BCUT2D eigenvalue weighted by molar-refractivity contribution is 7.99. The Bertz CT molecular complexity index is 804. The van der Waals surface area contributed by atoms with Gasteiger partial charge in [0.1, 0.15) is 17.8 Å². The van der Waals surface area contributed by atoms with Crippen molar-refractivity contribution < 1.29 is 9.53 Å². The Balaban J connectivity index is 1.53. The van der Waals surface area contributed by atoms with Crippen LogP contribution in [0.3, 0.4) is 0 Å². The molecule has 0 aliphatic heterocycles. The van der Waals surface area contributed by atoms with Crippen LogP contribution in [0, 0.1) is 6.92 Å². The van der Waals surface area contributed by atoms with Crippen LogP contribution in [0.1, 0.15) is 5.56 Å². The van der Waals surface area contributed by atoms with Crippen molar-refractivity contribution in [1.82, 2.24) is 15.2 Å². The Kier molecular flexibility index (Phi) is 5.12.